The van der Waals surface area contributed by atoms with Gasteiger partial charge in [0.05, 0.1) is 11.1 Å². The van der Waals surface area contributed by atoms with Gasteiger partial charge in [0.1, 0.15) is 0 Å². The quantitative estimate of drug-likeness (QED) is 0.825. The maximum atomic E-state index is 12.7. The third-order valence-corrected chi connectivity index (χ3v) is 4.41. The van der Waals surface area contributed by atoms with Crippen molar-refractivity contribution in [3.63, 3.8) is 0 Å². The Bertz CT molecular complexity index is 533. The minimum absolute atomic E-state index is 0.0177. The van der Waals surface area contributed by atoms with E-state index in [1.54, 1.807) is 0 Å². The van der Waals surface area contributed by atoms with Crippen LogP contribution in [-0.2, 0) is 16.1 Å². The number of nitrogens with two attached hydrogens (primary N) is 1. The van der Waals surface area contributed by atoms with Crippen LogP contribution in [0, 0.1) is 5.41 Å². The lowest BCUT2D eigenvalue weighted by atomic mass is 9.84. The number of amides is 2. The highest BCUT2D eigenvalue weighted by molar-refractivity contribution is 6.23. The lowest BCUT2D eigenvalue weighted by Crippen LogP contribution is -2.35. The highest BCUT2D eigenvalue weighted by Gasteiger charge is 2.53. The Morgan fingerprint density at radius 3 is 2.53 bits per heavy atom. The Labute approximate surface area is 112 Å². The molecule has 4 heteroatoms. The molecule has 2 N–H and O–H groups in total. The van der Waals surface area contributed by atoms with Gasteiger partial charge in [-0.3, -0.25) is 9.59 Å². The molecule has 1 aliphatic carbocycles. The molecule has 0 radical (unpaired) electrons. The van der Waals surface area contributed by atoms with Crippen LogP contribution in [0.2, 0.25) is 0 Å². The Balaban J connectivity index is 2.01. The fourth-order valence-corrected chi connectivity index (χ4v) is 3.38. The number of benzene rings is 1. The van der Waals surface area contributed by atoms with E-state index in [9.17, 15) is 9.59 Å². The van der Waals surface area contributed by atoms with Crippen molar-refractivity contribution >= 4 is 17.5 Å². The topological polar surface area (TPSA) is 63.4 Å². The zero-order chi connectivity index (χ0) is 13.5. The van der Waals surface area contributed by atoms with Crippen molar-refractivity contribution in [2.45, 2.75) is 38.6 Å². The number of anilines is 1. The molecule has 4 nitrogen and oxygen atoms in total. The van der Waals surface area contributed by atoms with E-state index >= 15 is 0 Å². The van der Waals surface area contributed by atoms with Gasteiger partial charge in [-0.15, -0.1) is 0 Å². The average Bonchev–Trinajstić information content (AvgIpc) is 2.97. The summed E-state index contributed by atoms with van der Waals surface area (Å²) in [6.45, 7) is 0.334. The molecule has 0 aromatic heterocycles. The lowest BCUT2D eigenvalue weighted by molar-refractivity contribution is -0.125. The van der Waals surface area contributed by atoms with E-state index in [1.807, 2.05) is 24.3 Å². The largest absolute Gasteiger partial charge is 0.326 e. The summed E-state index contributed by atoms with van der Waals surface area (Å²) in [5.41, 5.74) is 6.80. The van der Waals surface area contributed by atoms with Crippen molar-refractivity contribution in [1.29, 1.82) is 0 Å². The summed E-state index contributed by atoms with van der Waals surface area (Å²) in [5, 5.41) is 0. The molecule has 3 rings (SSSR count). The molecule has 1 aliphatic heterocycles. The molecule has 1 aromatic rings. The van der Waals surface area contributed by atoms with Crippen LogP contribution < -0.4 is 10.6 Å². The fourth-order valence-electron chi connectivity index (χ4n) is 3.38. The van der Waals surface area contributed by atoms with E-state index < -0.39 is 5.41 Å². The second kappa shape index (κ2) is 4.46. The third kappa shape index (κ3) is 1.78. The number of hydrogen-bond acceptors (Lipinski definition) is 3. The molecule has 0 atom stereocenters. The maximum Gasteiger partial charge on any atom is 0.240 e. The molecule has 1 heterocycles. The molecule has 2 fully saturated rings. The van der Waals surface area contributed by atoms with E-state index in [4.69, 9.17) is 5.73 Å². The van der Waals surface area contributed by atoms with Gasteiger partial charge >= 0.3 is 0 Å². The van der Waals surface area contributed by atoms with Crippen LogP contribution in [0.3, 0.4) is 0 Å². The second-order valence-electron chi connectivity index (χ2n) is 5.53. The molecule has 0 bridgehead atoms. The van der Waals surface area contributed by atoms with E-state index in [-0.39, 0.29) is 11.8 Å². The maximum absolute atomic E-state index is 12.7. The number of carbonyl (C=O) groups is 2. The number of hydrogen-bond donors (Lipinski definition) is 1. The van der Waals surface area contributed by atoms with Crippen LogP contribution >= 0.6 is 0 Å². The molecular formula is C15H18N2O2. The van der Waals surface area contributed by atoms with Gasteiger partial charge < -0.3 is 5.73 Å². The first-order valence-electron chi connectivity index (χ1n) is 6.83. The van der Waals surface area contributed by atoms with Crippen LogP contribution in [0.4, 0.5) is 5.69 Å². The monoisotopic (exact) mass is 258 g/mol. The molecule has 1 spiro atoms. The minimum Gasteiger partial charge on any atom is -0.326 e. The SMILES string of the molecule is NCc1ccccc1N1C(=O)CC2(CCCC2)C1=O. The van der Waals surface area contributed by atoms with Crippen LogP contribution in [-0.4, -0.2) is 11.8 Å². The van der Waals surface area contributed by atoms with Crippen molar-refractivity contribution in [1.82, 2.24) is 0 Å². The van der Waals surface area contributed by atoms with Crippen molar-refractivity contribution in [3.8, 4) is 0 Å². The van der Waals surface area contributed by atoms with Crippen molar-refractivity contribution in [3.05, 3.63) is 29.8 Å². The minimum atomic E-state index is -0.418. The summed E-state index contributed by atoms with van der Waals surface area (Å²) in [6, 6.07) is 7.40. The molecule has 100 valence electrons. The highest BCUT2D eigenvalue weighted by atomic mass is 16.2. The van der Waals surface area contributed by atoms with Gasteiger partial charge in [-0.2, -0.15) is 0 Å². The Morgan fingerprint density at radius 2 is 1.84 bits per heavy atom. The van der Waals surface area contributed by atoms with Gasteiger partial charge in [-0.05, 0) is 24.5 Å². The van der Waals surface area contributed by atoms with E-state index in [0.717, 1.165) is 31.2 Å². The zero-order valence-corrected chi connectivity index (χ0v) is 10.9. The first-order chi connectivity index (χ1) is 9.18. The van der Waals surface area contributed by atoms with Crippen molar-refractivity contribution in [2.75, 3.05) is 4.90 Å². The molecule has 1 aromatic carbocycles. The molecule has 2 aliphatic rings. The summed E-state index contributed by atoms with van der Waals surface area (Å²) in [5.74, 6) is -0.0938. The van der Waals surface area contributed by atoms with Gasteiger partial charge in [0.15, 0.2) is 0 Å². The van der Waals surface area contributed by atoms with Crippen LogP contribution in [0.5, 0.6) is 0 Å². The summed E-state index contributed by atoms with van der Waals surface area (Å²) in [6.07, 6.45) is 4.15. The Kier molecular flexibility index (Phi) is 2.90. The first-order valence-corrected chi connectivity index (χ1v) is 6.83. The second-order valence-corrected chi connectivity index (χ2v) is 5.53. The standard InChI is InChI=1S/C15H18N2O2/c16-10-11-5-1-2-6-12(11)17-13(18)9-15(14(17)19)7-3-4-8-15/h1-2,5-6H,3-4,7-10,16H2. The number of rotatable bonds is 2. The van der Waals surface area contributed by atoms with Gasteiger partial charge in [0, 0.05) is 13.0 Å². The fraction of sp³-hybridized carbons (Fsp3) is 0.467. The number of imide groups is 1. The van der Waals surface area contributed by atoms with Gasteiger partial charge in [-0.1, -0.05) is 31.0 Å². The van der Waals surface area contributed by atoms with E-state index in [2.05, 4.69) is 0 Å². The first kappa shape index (κ1) is 12.4. The molecule has 19 heavy (non-hydrogen) atoms. The normalized spacial score (nSPS) is 21.6. The summed E-state index contributed by atoms with van der Waals surface area (Å²) in [7, 11) is 0. The Morgan fingerprint density at radius 1 is 1.16 bits per heavy atom. The summed E-state index contributed by atoms with van der Waals surface area (Å²) < 4.78 is 0. The molecule has 1 saturated heterocycles. The predicted octanol–water partition coefficient (Wildman–Crippen LogP) is 1.97. The molecule has 2 amide bonds. The van der Waals surface area contributed by atoms with Gasteiger partial charge in [0.2, 0.25) is 11.8 Å². The predicted molar refractivity (Wildman–Crippen MR) is 72.3 cm³/mol. The number of para-hydroxylation sites is 1. The van der Waals surface area contributed by atoms with E-state index in [0.29, 0.717) is 18.7 Å². The molecule has 0 unspecified atom stereocenters. The van der Waals surface area contributed by atoms with Crippen molar-refractivity contribution < 1.29 is 9.59 Å². The Hall–Kier alpha value is -1.68. The van der Waals surface area contributed by atoms with Crippen molar-refractivity contribution in [2.24, 2.45) is 11.1 Å². The highest BCUT2D eigenvalue weighted by Crippen LogP contribution is 2.48. The molecular weight excluding hydrogens is 240 g/mol. The van der Waals surface area contributed by atoms with Crippen LogP contribution in [0.15, 0.2) is 24.3 Å². The smallest absolute Gasteiger partial charge is 0.240 e. The summed E-state index contributed by atoms with van der Waals surface area (Å²) in [4.78, 5) is 26.3. The molecule has 1 saturated carbocycles. The number of carbonyl (C=O) groups excluding carboxylic acids is 2. The third-order valence-electron chi connectivity index (χ3n) is 4.41. The summed E-state index contributed by atoms with van der Waals surface area (Å²) >= 11 is 0. The van der Waals surface area contributed by atoms with Crippen LogP contribution in [0.1, 0.15) is 37.7 Å². The zero-order valence-electron chi connectivity index (χ0n) is 10.9. The van der Waals surface area contributed by atoms with E-state index in [1.165, 1.54) is 4.90 Å². The lowest BCUT2D eigenvalue weighted by Gasteiger charge is -2.22. The van der Waals surface area contributed by atoms with Gasteiger partial charge in [0.25, 0.3) is 0 Å². The van der Waals surface area contributed by atoms with Crippen LogP contribution in [0.25, 0.3) is 0 Å². The number of nitrogens with zero attached hydrogens (tertiary/aromatic N) is 1. The average molecular weight is 258 g/mol. The van der Waals surface area contributed by atoms with Gasteiger partial charge in [-0.25, -0.2) is 4.90 Å².